The molecule has 0 N–H and O–H groups in total. The van der Waals surface area contributed by atoms with Crippen molar-refractivity contribution in [2.24, 2.45) is 0 Å². The Labute approximate surface area is 85.7 Å². The Morgan fingerprint density at radius 3 is 2.43 bits per heavy atom. The molecule has 0 spiro atoms. The van der Waals surface area contributed by atoms with Crippen LogP contribution in [0.15, 0.2) is 30.3 Å². The van der Waals surface area contributed by atoms with E-state index in [1.54, 1.807) is 13.3 Å². The third-order valence-electron chi connectivity index (χ3n) is 1.89. The highest BCUT2D eigenvalue weighted by molar-refractivity contribution is 7.62. The molecule has 1 rings (SSSR count). The smallest absolute Gasteiger partial charge is 0.0841 e. The first-order chi connectivity index (χ1) is 6.58. The van der Waals surface area contributed by atoms with Crippen LogP contribution in [-0.2, 0) is 15.9 Å². The van der Waals surface area contributed by atoms with Crippen LogP contribution in [0.25, 0.3) is 0 Å². The van der Waals surface area contributed by atoms with Crippen LogP contribution in [0, 0.1) is 0 Å². The first kappa shape index (κ1) is 11.5. The Kier molecular flexibility index (Phi) is 4.37. The zero-order valence-corrected chi connectivity index (χ0v) is 9.67. The molecule has 0 aliphatic rings. The zero-order valence-electron chi connectivity index (χ0n) is 8.77. The second-order valence-corrected chi connectivity index (χ2v) is 7.43. The number of rotatable bonds is 5. The van der Waals surface area contributed by atoms with Crippen molar-refractivity contribution < 1.29 is 9.30 Å². The van der Waals surface area contributed by atoms with E-state index in [9.17, 15) is 4.57 Å². The summed E-state index contributed by atoms with van der Waals surface area (Å²) in [5.41, 5.74) is 1.16. The highest BCUT2D eigenvalue weighted by Gasteiger charge is 2.05. The molecule has 78 valence electrons. The lowest BCUT2D eigenvalue weighted by atomic mass is 10.2. The van der Waals surface area contributed by atoms with Gasteiger partial charge in [-0.05, 0) is 18.9 Å². The van der Waals surface area contributed by atoms with Gasteiger partial charge in [-0.25, -0.2) is 0 Å². The molecule has 1 aromatic rings. The van der Waals surface area contributed by atoms with Crippen LogP contribution in [-0.4, -0.2) is 26.1 Å². The fraction of sp³-hybridized carbons (Fsp3) is 0.455. The third-order valence-corrected chi connectivity index (χ3v) is 3.15. The summed E-state index contributed by atoms with van der Waals surface area (Å²) in [7, 11) is -1.91. The van der Waals surface area contributed by atoms with Crippen LogP contribution in [0.5, 0.6) is 0 Å². The van der Waals surface area contributed by atoms with Gasteiger partial charge in [0.15, 0.2) is 0 Å². The van der Waals surface area contributed by atoms with Gasteiger partial charge in [-0.3, -0.25) is 0 Å². The second-order valence-electron chi connectivity index (χ2n) is 3.84. The molecule has 0 bridgehead atoms. The van der Waals surface area contributed by atoms with Crippen molar-refractivity contribution in [3.63, 3.8) is 0 Å². The largest absolute Gasteiger partial charge is 0.376 e. The van der Waals surface area contributed by atoms with E-state index in [0.29, 0.717) is 19.4 Å². The predicted molar refractivity (Wildman–Crippen MR) is 60.4 cm³/mol. The fourth-order valence-electron chi connectivity index (χ4n) is 1.05. The minimum atomic E-state index is -1.91. The molecule has 0 radical (unpaired) electrons. The summed E-state index contributed by atoms with van der Waals surface area (Å²) < 4.78 is 16.8. The second kappa shape index (κ2) is 5.33. The van der Waals surface area contributed by atoms with E-state index in [1.807, 2.05) is 30.3 Å². The van der Waals surface area contributed by atoms with E-state index in [0.717, 1.165) is 5.56 Å². The van der Waals surface area contributed by atoms with Crippen molar-refractivity contribution in [2.75, 3.05) is 26.1 Å². The first-order valence-corrected chi connectivity index (χ1v) is 7.52. The molecule has 14 heavy (non-hydrogen) atoms. The molecule has 0 saturated carbocycles. The molecule has 0 atom stereocenters. The highest BCUT2D eigenvalue weighted by atomic mass is 31.2. The zero-order chi connectivity index (χ0) is 10.4. The van der Waals surface area contributed by atoms with Crippen molar-refractivity contribution in [1.29, 1.82) is 0 Å². The minimum absolute atomic E-state index is 0.583. The van der Waals surface area contributed by atoms with Gasteiger partial charge >= 0.3 is 0 Å². The van der Waals surface area contributed by atoms with Gasteiger partial charge in [0.2, 0.25) is 0 Å². The third kappa shape index (κ3) is 5.21. The average molecular weight is 212 g/mol. The molecule has 0 saturated heterocycles. The summed E-state index contributed by atoms with van der Waals surface area (Å²) in [4.78, 5) is 0. The van der Waals surface area contributed by atoms with E-state index < -0.39 is 7.14 Å². The van der Waals surface area contributed by atoms with Crippen LogP contribution in [0.2, 0.25) is 0 Å². The Morgan fingerprint density at radius 1 is 1.21 bits per heavy atom. The van der Waals surface area contributed by atoms with Crippen molar-refractivity contribution in [3.8, 4) is 0 Å². The summed E-state index contributed by atoms with van der Waals surface area (Å²) in [5.74, 6) is 0. The lowest BCUT2D eigenvalue weighted by Crippen LogP contribution is -2.00. The Hall–Kier alpha value is -0.590. The maximum Gasteiger partial charge on any atom is 0.0841 e. The molecule has 0 unspecified atom stereocenters. The van der Waals surface area contributed by atoms with Crippen molar-refractivity contribution in [3.05, 3.63) is 35.9 Å². The molecule has 1 aromatic carbocycles. The molecule has 0 fully saturated rings. The molecule has 0 aliphatic heterocycles. The van der Waals surface area contributed by atoms with Crippen LogP contribution in [0.3, 0.4) is 0 Å². The highest BCUT2D eigenvalue weighted by Crippen LogP contribution is 2.34. The molecular weight excluding hydrogens is 195 g/mol. The number of ether oxygens (including phenoxy) is 1. The lowest BCUT2D eigenvalue weighted by molar-refractivity contribution is 0.135. The maximum atomic E-state index is 11.3. The standard InChI is InChI=1S/C11H17O2P/c1-14(2,12)9-8-13-10-11-6-4-3-5-7-11/h3-7H,8-10H2,1-2H3. The molecule has 0 heterocycles. The monoisotopic (exact) mass is 212 g/mol. The molecule has 0 aromatic heterocycles. The first-order valence-electron chi connectivity index (χ1n) is 4.73. The van der Waals surface area contributed by atoms with Crippen molar-refractivity contribution in [1.82, 2.24) is 0 Å². The fourth-order valence-corrected chi connectivity index (χ4v) is 1.62. The normalized spacial score (nSPS) is 11.6. The van der Waals surface area contributed by atoms with Gasteiger partial charge in [-0.2, -0.15) is 0 Å². The maximum absolute atomic E-state index is 11.3. The van der Waals surface area contributed by atoms with Crippen molar-refractivity contribution >= 4 is 7.14 Å². The van der Waals surface area contributed by atoms with E-state index >= 15 is 0 Å². The van der Waals surface area contributed by atoms with Gasteiger partial charge in [0.05, 0.1) is 20.4 Å². The Bertz CT molecular complexity index is 302. The predicted octanol–water partition coefficient (Wildman–Crippen LogP) is 2.83. The number of benzene rings is 1. The SMILES string of the molecule is CP(C)(=O)CCOCc1ccccc1. The Balaban J connectivity index is 2.20. The van der Waals surface area contributed by atoms with Gasteiger partial charge in [-0.1, -0.05) is 30.3 Å². The van der Waals surface area contributed by atoms with Gasteiger partial charge in [-0.15, -0.1) is 0 Å². The summed E-state index contributed by atoms with van der Waals surface area (Å²) in [5, 5.41) is 0. The van der Waals surface area contributed by atoms with Crippen LogP contribution < -0.4 is 0 Å². The minimum Gasteiger partial charge on any atom is -0.376 e. The summed E-state index contributed by atoms with van der Waals surface area (Å²) in [6, 6.07) is 10.0. The molecule has 0 aliphatic carbocycles. The Morgan fingerprint density at radius 2 is 1.86 bits per heavy atom. The van der Waals surface area contributed by atoms with E-state index in [-0.39, 0.29) is 0 Å². The van der Waals surface area contributed by atoms with Crippen molar-refractivity contribution in [2.45, 2.75) is 6.61 Å². The molecule has 2 nitrogen and oxygen atoms in total. The summed E-state index contributed by atoms with van der Waals surface area (Å²) >= 11 is 0. The lowest BCUT2D eigenvalue weighted by Gasteiger charge is -2.07. The summed E-state index contributed by atoms with van der Waals surface area (Å²) in [6.07, 6.45) is 0.667. The van der Waals surface area contributed by atoms with Crippen LogP contribution in [0.1, 0.15) is 5.56 Å². The molecule has 3 heteroatoms. The van der Waals surface area contributed by atoms with E-state index in [2.05, 4.69) is 0 Å². The summed E-state index contributed by atoms with van der Waals surface area (Å²) in [6.45, 7) is 4.78. The van der Waals surface area contributed by atoms with Gasteiger partial charge in [0, 0.05) is 6.16 Å². The average Bonchev–Trinajstić information content (AvgIpc) is 2.13. The van der Waals surface area contributed by atoms with E-state index in [1.165, 1.54) is 0 Å². The number of hydrogen-bond donors (Lipinski definition) is 0. The topological polar surface area (TPSA) is 26.3 Å². The van der Waals surface area contributed by atoms with E-state index in [4.69, 9.17) is 4.74 Å². The molecule has 0 amide bonds. The molecular formula is C11H17O2P. The van der Waals surface area contributed by atoms with Gasteiger partial charge in [0.1, 0.15) is 0 Å². The van der Waals surface area contributed by atoms with Crippen LogP contribution in [0.4, 0.5) is 0 Å². The van der Waals surface area contributed by atoms with Gasteiger partial charge in [0.25, 0.3) is 0 Å². The number of hydrogen-bond acceptors (Lipinski definition) is 2. The quantitative estimate of drug-likeness (QED) is 0.554. The van der Waals surface area contributed by atoms with Crippen LogP contribution >= 0.6 is 7.14 Å². The van der Waals surface area contributed by atoms with Gasteiger partial charge < -0.3 is 9.30 Å².